The minimum absolute atomic E-state index is 0.0942. The van der Waals surface area contributed by atoms with Crippen LogP contribution < -0.4 is 10.2 Å². The molecule has 1 aromatic rings. The number of likely N-dealkylation sites (tertiary alicyclic amines) is 1. The van der Waals surface area contributed by atoms with E-state index >= 15 is 0 Å². The van der Waals surface area contributed by atoms with Crippen molar-refractivity contribution in [2.24, 2.45) is 0 Å². The van der Waals surface area contributed by atoms with Gasteiger partial charge in [0.05, 0.1) is 0 Å². The van der Waals surface area contributed by atoms with Crippen molar-refractivity contribution in [2.45, 2.75) is 25.4 Å². The first-order valence-electron chi connectivity index (χ1n) is 9.70. The van der Waals surface area contributed by atoms with Gasteiger partial charge in [0.25, 0.3) is 0 Å². The Kier molecular flexibility index (Phi) is 5.21. The SMILES string of the molecule is CN1CCN(c2ncc(CN3CCCC(N4CCNC4=O)C3)cn2)CC1. The Morgan fingerprint density at radius 2 is 1.88 bits per heavy atom. The van der Waals surface area contributed by atoms with Gasteiger partial charge in [0.1, 0.15) is 0 Å². The molecule has 8 nitrogen and oxygen atoms in total. The lowest BCUT2D eigenvalue weighted by molar-refractivity contribution is 0.122. The number of hydrogen-bond acceptors (Lipinski definition) is 6. The molecule has 0 aliphatic carbocycles. The Hall–Kier alpha value is -1.93. The van der Waals surface area contributed by atoms with Gasteiger partial charge in [-0.3, -0.25) is 4.90 Å². The third-order valence-corrected chi connectivity index (χ3v) is 5.70. The van der Waals surface area contributed by atoms with Crippen LogP contribution >= 0.6 is 0 Å². The van der Waals surface area contributed by atoms with Crippen molar-refractivity contribution in [1.29, 1.82) is 0 Å². The highest BCUT2D eigenvalue weighted by atomic mass is 16.2. The monoisotopic (exact) mass is 359 g/mol. The minimum atomic E-state index is 0.0942. The van der Waals surface area contributed by atoms with Crippen molar-refractivity contribution in [1.82, 2.24) is 30.0 Å². The smallest absolute Gasteiger partial charge is 0.317 e. The third kappa shape index (κ3) is 3.91. The molecule has 0 aromatic carbocycles. The fraction of sp³-hybridized carbons (Fsp3) is 0.722. The lowest BCUT2D eigenvalue weighted by atomic mass is 10.0. The van der Waals surface area contributed by atoms with Gasteiger partial charge in [-0.2, -0.15) is 0 Å². The van der Waals surface area contributed by atoms with Crippen molar-refractivity contribution in [2.75, 3.05) is 64.3 Å². The highest BCUT2D eigenvalue weighted by Crippen LogP contribution is 2.19. The lowest BCUT2D eigenvalue weighted by Gasteiger charge is -2.37. The topological polar surface area (TPSA) is 67.8 Å². The Bertz CT molecular complexity index is 614. The first-order valence-corrected chi connectivity index (χ1v) is 9.70. The number of nitrogens with zero attached hydrogens (tertiary/aromatic N) is 6. The first-order chi connectivity index (χ1) is 12.7. The first kappa shape index (κ1) is 17.5. The van der Waals surface area contributed by atoms with Crippen LogP contribution in [0, 0.1) is 0 Å². The molecule has 1 N–H and O–H groups in total. The highest BCUT2D eigenvalue weighted by Gasteiger charge is 2.31. The Morgan fingerprint density at radius 3 is 2.58 bits per heavy atom. The molecular weight excluding hydrogens is 330 g/mol. The average Bonchev–Trinajstić information content (AvgIpc) is 3.09. The molecule has 0 saturated carbocycles. The van der Waals surface area contributed by atoms with Crippen molar-refractivity contribution >= 4 is 12.0 Å². The number of piperazine rings is 1. The highest BCUT2D eigenvalue weighted by molar-refractivity contribution is 5.76. The maximum absolute atomic E-state index is 11.9. The molecule has 0 radical (unpaired) electrons. The fourth-order valence-electron chi connectivity index (χ4n) is 4.12. The lowest BCUT2D eigenvalue weighted by Crippen LogP contribution is -2.48. The predicted octanol–water partition coefficient (Wildman–Crippen LogP) is 0.218. The number of hydrogen-bond donors (Lipinski definition) is 1. The molecule has 0 bridgehead atoms. The second kappa shape index (κ2) is 7.75. The van der Waals surface area contributed by atoms with Crippen LogP contribution in [0.3, 0.4) is 0 Å². The number of rotatable bonds is 4. The van der Waals surface area contributed by atoms with Crippen LogP contribution in [0.25, 0.3) is 0 Å². The maximum atomic E-state index is 11.9. The fourth-order valence-corrected chi connectivity index (χ4v) is 4.12. The summed E-state index contributed by atoms with van der Waals surface area (Å²) in [5, 5.41) is 2.91. The van der Waals surface area contributed by atoms with Gasteiger partial charge in [-0.1, -0.05) is 0 Å². The van der Waals surface area contributed by atoms with Gasteiger partial charge in [0.2, 0.25) is 5.95 Å². The second-order valence-corrected chi connectivity index (χ2v) is 7.64. The summed E-state index contributed by atoms with van der Waals surface area (Å²) in [6, 6.07) is 0.425. The van der Waals surface area contributed by atoms with Gasteiger partial charge in [0, 0.05) is 76.4 Å². The number of anilines is 1. The molecule has 8 heteroatoms. The van der Waals surface area contributed by atoms with Crippen molar-refractivity contribution in [3.63, 3.8) is 0 Å². The van der Waals surface area contributed by atoms with Crippen LogP contribution in [0.2, 0.25) is 0 Å². The molecule has 0 spiro atoms. The van der Waals surface area contributed by atoms with E-state index in [0.717, 1.165) is 83.3 Å². The maximum Gasteiger partial charge on any atom is 0.317 e. The zero-order valence-electron chi connectivity index (χ0n) is 15.6. The van der Waals surface area contributed by atoms with E-state index in [1.54, 1.807) is 0 Å². The van der Waals surface area contributed by atoms with Crippen molar-refractivity contribution in [3.05, 3.63) is 18.0 Å². The summed E-state index contributed by atoms with van der Waals surface area (Å²) in [6.07, 6.45) is 6.16. The van der Waals surface area contributed by atoms with E-state index in [4.69, 9.17) is 0 Å². The third-order valence-electron chi connectivity index (χ3n) is 5.70. The number of aromatic nitrogens is 2. The summed E-state index contributed by atoms with van der Waals surface area (Å²) >= 11 is 0. The van der Waals surface area contributed by atoms with E-state index < -0.39 is 0 Å². The Labute approximate surface area is 155 Å². The van der Waals surface area contributed by atoms with Crippen LogP contribution in [-0.4, -0.2) is 96.1 Å². The van der Waals surface area contributed by atoms with Crippen molar-refractivity contribution < 1.29 is 4.79 Å². The minimum Gasteiger partial charge on any atom is -0.338 e. The standard InChI is InChI=1S/C18H29N7O/c1-22-7-9-24(10-8-22)17-20-11-15(12-21-17)13-23-5-2-3-16(14-23)25-6-4-19-18(25)26/h11-12,16H,2-10,13-14H2,1H3,(H,19,26). The molecule has 142 valence electrons. The molecule has 2 amide bonds. The summed E-state index contributed by atoms with van der Waals surface area (Å²) in [7, 11) is 2.15. The molecule has 4 heterocycles. The van der Waals surface area contributed by atoms with E-state index in [-0.39, 0.29) is 6.03 Å². The number of amides is 2. The number of urea groups is 1. The van der Waals surface area contributed by atoms with Gasteiger partial charge < -0.3 is 20.0 Å². The van der Waals surface area contributed by atoms with E-state index in [9.17, 15) is 4.79 Å². The number of carbonyl (C=O) groups excluding carboxylic acids is 1. The molecule has 3 aliphatic heterocycles. The summed E-state index contributed by atoms with van der Waals surface area (Å²) in [5.74, 6) is 0.840. The predicted molar refractivity (Wildman–Crippen MR) is 100 cm³/mol. The number of carbonyl (C=O) groups is 1. The van der Waals surface area contributed by atoms with Gasteiger partial charge in [0.15, 0.2) is 0 Å². The molecule has 4 rings (SSSR count). The zero-order valence-corrected chi connectivity index (χ0v) is 15.6. The largest absolute Gasteiger partial charge is 0.338 e. The van der Waals surface area contributed by atoms with E-state index in [0.29, 0.717) is 6.04 Å². The van der Waals surface area contributed by atoms with Crippen LogP contribution in [0.4, 0.5) is 10.7 Å². The summed E-state index contributed by atoms with van der Waals surface area (Å²) in [5.41, 5.74) is 1.15. The van der Waals surface area contributed by atoms with E-state index in [1.807, 2.05) is 17.3 Å². The zero-order chi connectivity index (χ0) is 17.9. The summed E-state index contributed by atoms with van der Waals surface area (Å²) in [6.45, 7) is 8.57. The second-order valence-electron chi connectivity index (χ2n) is 7.64. The van der Waals surface area contributed by atoms with Gasteiger partial charge in [-0.05, 0) is 26.4 Å². The van der Waals surface area contributed by atoms with E-state index in [2.05, 4.69) is 37.0 Å². The molecule has 26 heavy (non-hydrogen) atoms. The van der Waals surface area contributed by atoms with Crippen molar-refractivity contribution in [3.8, 4) is 0 Å². The normalized spacial score (nSPS) is 25.6. The molecule has 3 saturated heterocycles. The number of piperidine rings is 1. The van der Waals surface area contributed by atoms with Gasteiger partial charge in [-0.25, -0.2) is 14.8 Å². The van der Waals surface area contributed by atoms with Crippen LogP contribution in [0.1, 0.15) is 18.4 Å². The van der Waals surface area contributed by atoms with Crippen LogP contribution in [0.5, 0.6) is 0 Å². The summed E-state index contributed by atoms with van der Waals surface area (Å²) < 4.78 is 0. The number of likely N-dealkylation sites (N-methyl/N-ethyl adjacent to an activating group) is 1. The number of nitrogens with one attached hydrogen (secondary N) is 1. The average molecular weight is 359 g/mol. The molecular formula is C18H29N7O. The van der Waals surface area contributed by atoms with Gasteiger partial charge >= 0.3 is 6.03 Å². The van der Waals surface area contributed by atoms with Crippen LogP contribution in [-0.2, 0) is 6.54 Å². The van der Waals surface area contributed by atoms with Gasteiger partial charge in [-0.15, -0.1) is 0 Å². The summed E-state index contributed by atoms with van der Waals surface area (Å²) in [4.78, 5) is 30.1. The molecule has 1 aromatic heterocycles. The molecule has 3 aliphatic rings. The Morgan fingerprint density at radius 1 is 1.12 bits per heavy atom. The molecule has 1 atom stereocenters. The quantitative estimate of drug-likeness (QED) is 0.829. The molecule has 1 unspecified atom stereocenters. The molecule has 3 fully saturated rings. The van der Waals surface area contributed by atoms with Crippen LogP contribution in [0.15, 0.2) is 12.4 Å². The van der Waals surface area contributed by atoms with E-state index in [1.165, 1.54) is 0 Å². The Balaban J connectivity index is 1.33.